The number of likely N-dealkylation sites (tertiary alicyclic amines) is 1. The largest absolute Gasteiger partial charge is 0.451 e. The first-order valence-corrected chi connectivity index (χ1v) is 16.1. The summed E-state index contributed by atoms with van der Waals surface area (Å²) in [7, 11) is 0. The second-order valence-electron chi connectivity index (χ2n) is 13.6. The molecular formula is C35H46N6O7. The van der Waals surface area contributed by atoms with E-state index in [0.29, 0.717) is 23.6 Å². The average Bonchev–Trinajstić information content (AvgIpc) is 3.51. The van der Waals surface area contributed by atoms with Gasteiger partial charge in [-0.1, -0.05) is 12.5 Å². The molecule has 0 atom stereocenters. The summed E-state index contributed by atoms with van der Waals surface area (Å²) in [6, 6.07) is 13.1. The van der Waals surface area contributed by atoms with E-state index >= 15 is 0 Å². The molecule has 0 spiro atoms. The summed E-state index contributed by atoms with van der Waals surface area (Å²) in [6.45, 7) is 13.9. The summed E-state index contributed by atoms with van der Waals surface area (Å²) in [5.74, 6) is 0.538. The maximum atomic E-state index is 12.8. The number of pyridine rings is 1. The molecule has 1 saturated heterocycles. The fourth-order valence-corrected chi connectivity index (χ4v) is 4.93. The molecule has 1 aliphatic rings. The molecule has 3 aromatic rings. The normalized spacial score (nSPS) is 13.7. The highest BCUT2D eigenvalue weighted by molar-refractivity contribution is 5.92. The zero-order valence-electron chi connectivity index (χ0n) is 28.6. The van der Waals surface area contributed by atoms with Gasteiger partial charge in [0.25, 0.3) is 5.91 Å². The Morgan fingerprint density at radius 3 is 2.21 bits per heavy atom. The number of rotatable bonds is 9. The first kappa shape index (κ1) is 35.9. The van der Waals surface area contributed by atoms with E-state index in [0.717, 1.165) is 30.1 Å². The molecule has 0 unspecified atom stereocenters. The number of urea groups is 1. The Morgan fingerprint density at radius 1 is 0.875 bits per heavy atom. The summed E-state index contributed by atoms with van der Waals surface area (Å²) < 4.78 is 16.5. The highest BCUT2D eigenvalue weighted by Crippen LogP contribution is 2.24. The van der Waals surface area contributed by atoms with E-state index < -0.39 is 29.4 Å². The van der Waals surface area contributed by atoms with E-state index in [2.05, 4.69) is 25.8 Å². The third kappa shape index (κ3) is 10.8. The molecule has 48 heavy (non-hydrogen) atoms. The van der Waals surface area contributed by atoms with Crippen LogP contribution in [0.15, 0.2) is 59.1 Å². The second kappa shape index (κ2) is 15.8. The van der Waals surface area contributed by atoms with E-state index in [1.807, 2.05) is 0 Å². The summed E-state index contributed by atoms with van der Waals surface area (Å²) in [5, 5.41) is 8.44. The summed E-state index contributed by atoms with van der Waals surface area (Å²) in [5.41, 5.74) is 0.289. The number of furan rings is 1. The Labute approximate surface area is 281 Å². The highest BCUT2D eigenvalue weighted by Gasteiger charge is 2.37. The lowest BCUT2D eigenvalue weighted by atomic mass is 10.1. The van der Waals surface area contributed by atoms with Crippen LogP contribution in [0, 0.1) is 0 Å². The Balaban J connectivity index is 1.22. The van der Waals surface area contributed by atoms with Crippen molar-refractivity contribution in [2.75, 3.05) is 31.5 Å². The molecule has 2 aromatic heterocycles. The van der Waals surface area contributed by atoms with Crippen LogP contribution in [0.1, 0.15) is 76.9 Å². The van der Waals surface area contributed by atoms with Gasteiger partial charge in [0.2, 0.25) is 5.88 Å². The molecule has 1 aliphatic heterocycles. The number of hydrogen-bond donors (Lipinski definition) is 3. The fraction of sp³-hybridized carbons (Fsp3) is 0.457. The van der Waals surface area contributed by atoms with E-state index in [-0.39, 0.29) is 24.1 Å². The molecule has 0 radical (unpaired) electrons. The number of aromatic nitrogens is 1. The number of carbonyl (C=O) groups excluding carboxylic acids is 4. The van der Waals surface area contributed by atoms with Gasteiger partial charge in [0.05, 0.1) is 0 Å². The number of amides is 5. The van der Waals surface area contributed by atoms with Crippen molar-refractivity contribution < 1.29 is 33.1 Å². The first-order valence-electron chi connectivity index (χ1n) is 16.1. The number of piperidine rings is 1. The third-order valence-electron chi connectivity index (χ3n) is 7.29. The van der Waals surface area contributed by atoms with E-state index in [1.165, 1.54) is 31.5 Å². The summed E-state index contributed by atoms with van der Waals surface area (Å²) in [6.07, 6.45) is 3.41. The standard InChI is InChI=1S/C35H46N6O7/c1-34(2,3)41(33(45)48-35(4,5)6)32(44)47-29-17-10-24(22-37-29)23-38-31(43)39-26-13-11-25(12-14-26)27-15-16-28(46-27)30(42)36-18-21-40-19-8-7-9-20-40/h10-17,22H,7-9,18-21,23H2,1-6H3,(H,36,42)(H2,38,39,43). The van der Waals surface area contributed by atoms with Gasteiger partial charge in [0, 0.05) is 48.7 Å². The molecule has 0 saturated carbocycles. The van der Waals surface area contributed by atoms with Gasteiger partial charge in [-0.05, 0) is 109 Å². The number of benzene rings is 1. The maximum Gasteiger partial charge on any atom is 0.426 e. The number of nitrogens with zero attached hydrogens (tertiary/aromatic N) is 3. The Kier molecular flexibility index (Phi) is 11.8. The SMILES string of the molecule is CC(C)(C)OC(=O)N(C(=O)Oc1ccc(CNC(=O)Nc2ccc(-c3ccc(C(=O)NCCN4CCCCC4)o3)cc2)cn1)C(C)(C)C. The molecule has 4 rings (SSSR count). The Morgan fingerprint density at radius 2 is 1.58 bits per heavy atom. The number of carbonyl (C=O) groups is 4. The molecule has 3 N–H and O–H groups in total. The van der Waals surface area contributed by atoms with Crippen molar-refractivity contribution in [3.05, 3.63) is 66.1 Å². The number of imide groups is 1. The Bertz CT molecular complexity index is 1550. The van der Waals surface area contributed by atoms with Gasteiger partial charge in [-0.25, -0.2) is 24.3 Å². The van der Waals surface area contributed by atoms with E-state index in [9.17, 15) is 19.2 Å². The minimum atomic E-state index is -0.919. The third-order valence-corrected chi connectivity index (χ3v) is 7.29. The van der Waals surface area contributed by atoms with E-state index in [4.69, 9.17) is 13.9 Å². The van der Waals surface area contributed by atoms with Gasteiger partial charge >= 0.3 is 18.2 Å². The van der Waals surface area contributed by atoms with Crippen molar-refractivity contribution >= 4 is 29.8 Å². The number of anilines is 1. The lowest BCUT2D eigenvalue weighted by molar-refractivity contribution is 0.0117. The lowest BCUT2D eigenvalue weighted by Crippen LogP contribution is -2.52. The predicted octanol–water partition coefficient (Wildman–Crippen LogP) is 6.41. The van der Waals surface area contributed by atoms with Crippen LogP contribution >= 0.6 is 0 Å². The fourth-order valence-electron chi connectivity index (χ4n) is 4.93. The van der Waals surface area contributed by atoms with Crippen LogP contribution in [-0.2, 0) is 11.3 Å². The number of ether oxygens (including phenoxy) is 2. The zero-order chi connectivity index (χ0) is 34.9. The molecular weight excluding hydrogens is 616 g/mol. The van der Waals surface area contributed by atoms with Crippen molar-refractivity contribution in [2.24, 2.45) is 0 Å². The molecule has 13 nitrogen and oxygen atoms in total. The van der Waals surface area contributed by atoms with Crippen LogP contribution in [0.5, 0.6) is 5.88 Å². The highest BCUT2D eigenvalue weighted by atomic mass is 16.6. The van der Waals surface area contributed by atoms with Crippen LogP contribution < -0.4 is 20.7 Å². The molecule has 5 amide bonds. The average molecular weight is 663 g/mol. The van der Waals surface area contributed by atoms with Gasteiger partial charge in [-0.3, -0.25) is 4.79 Å². The van der Waals surface area contributed by atoms with Crippen LogP contribution in [0.2, 0.25) is 0 Å². The van der Waals surface area contributed by atoms with Gasteiger partial charge in [-0.15, -0.1) is 0 Å². The van der Waals surface area contributed by atoms with Crippen molar-refractivity contribution in [1.82, 2.24) is 25.4 Å². The Hall–Kier alpha value is -4.91. The second-order valence-corrected chi connectivity index (χ2v) is 13.6. The van der Waals surface area contributed by atoms with Crippen LogP contribution in [0.3, 0.4) is 0 Å². The quantitative estimate of drug-likeness (QED) is 0.236. The zero-order valence-corrected chi connectivity index (χ0v) is 28.6. The summed E-state index contributed by atoms with van der Waals surface area (Å²) in [4.78, 5) is 58.0. The smallest absolute Gasteiger partial charge is 0.426 e. The molecule has 0 aliphatic carbocycles. The van der Waals surface area contributed by atoms with Gasteiger partial charge in [0.1, 0.15) is 11.4 Å². The van der Waals surface area contributed by atoms with Gasteiger partial charge in [0.15, 0.2) is 5.76 Å². The molecule has 1 fully saturated rings. The lowest BCUT2D eigenvalue weighted by Gasteiger charge is -2.33. The van der Waals surface area contributed by atoms with Crippen molar-refractivity contribution in [2.45, 2.75) is 78.5 Å². The van der Waals surface area contributed by atoms with Crippen LogP contribution in [-0.4, -0.2) is 76.2 Å². The number of hydrogen-bond acceptors (Lipinski definition) is 9. The molecule has 0 bridgehead atoms. The van der Waals surface area contributed by atoms with Crippen molar-refractivity contribution in [1.29, 1.82) is 0 Å². The molecule has 1 aromatic carbocycles. The first-order chi connectivity index (χ1) is 22.7. The number of nitrogens with one attached hydrogen (secondary N) is 3. The molecule has 3 heterocycles. The maximum absolute atomic E-state index is 12.8. The topological polar surface area (TPSA) is 155 Å². The molecule has 258 valence electrons. The van der Waals surface area contributed by atoms with Crippen LogP contribution in [0.25, 0.3) is 11.3 Å². The minimum Gasteiger partial charge on any atom is -0.451 e. The van der Waals surface area contributed by atoms with Gasteiger partial charge in [-0.2, -0.15) is 0 Å². The van der Waals surface area contributed by atoms with Crippen LogP contribution in [0.4, 0.5) is 20.1 Å². The van der Waals surface area contributed by atoms with Crippen molar-refractivity contribution in [3.63, 3.8) is 0 Å². The van der Waals surface area contributed by atoms with Gasteiger partial charge < -0.3 is 34.7 Å². The predicted molar refractivity (Wildman–Crippen MR) is 181 cm³/mol. The minimum absolute atomic E-state index is 0.0109. The van der Waals surface area contributed by atoms with E-state index in [1.54, 1.807) is 84.0 Å². The molecule has 13 heteroatoms. The monoisotopic (exact) mass is 662 g/mol. The van der Waals surface area contributed by atoms with Crippen molar-refractivity contribution in [3.8, 4) is 17.2 Å². The summed E-state index contributed by atoms with van der Waals surface area (Å²) >= 11 is 0.